The molecule has 4 aromatic heterocycles. The van der Waals surface area contributed by atoms with E-state index < -0.39 is 44.6 Å². The van der Waals surface area contributed by atoms with Gasteiger partial charge < -0.3 is 20.9 Å². The van der Waals surface area contributed by atoms with Crippen molar-refractivity contribution in [3.05, 3.63) is 130 Å². The predicted molar refractivity (Wildman–Crippen MR) is 224 cm³/mol. The summed E-state index contributed by atoms with van der Waals surface area (Å²) in [7, 11) is -1.20. The quantitative estimate of drug-likeness (QED) is 0.0548. The van der Waals surface area contributed by atoms with Crippen molar-refractivity contribution in [1.29, 1.82) is 0 Å². The number of nitrogens with zero attached hydrogens (tertiary/aromatic N) is 7. The highest BCUT2D eigenvalue weighted by molar-refractivity contribution is 6.76. The van der Waals surface area contributed by atoms with Crippen LogP contribution < -0.4 is 11.1 Å². The van der Waals surface area contributed by atoms with Gasteiger partial charge >= 0.3 is 5.97 Å². The molecule has 0 aliphatic heterocycles. The number of carboxylic acids is 1. The van der Waals surface area contributed by atoms with Crippen molar-refractivity contribution < 1.29 is 37.0 Å². The number of aryl methyl sites for hydroxylation is 1. The summed E-state index contributed by atoms with van der Waals surface area (Å²) < 4.78 is 64.9. The molecule has 4 heterocycles. The number of H-pyrrole nitrogens is 1. The number of halogens is 4. The van der Waals surface area contributed by atoms with E-state index in [1.807, 2.05) is 59.4 Å². The van der Waals surface area contributed by atoms with Gasteiger partial charge in [0, 0.05) is 75.3 Å². The van der Waals surface area contributed by atoms with Gasteiger partial charge in [-0.15, -0.1) is 0 Å². The van der Waals surface area contributed by atoms with Gasteiger partial charge in [0.1, 0.15) is 6.73 Å². The third kappa shape index (κ3) is 12.7. The Hall–Kier alpha value is -6.08. The van der Waals surface area contributed by atoms with Gasteiger partial charge in [0.2, 0.25) is 0 Å². The lowest BCUT2D eigenvalue weighted by molar-refractivity contribution is -0.0143. The number of hydrogen-bond acceptors (Lipinski definition) is 8. The van der Waals surface area contributed by atoms with Crippen LogP contribution in [0.15, 0.2) is 85.5 Å². The molecule has 2 aliphatic carbocycles. The molecule has 324 valence electrons. The van der Waals surface area contributed by atoms with Crippen LogP contribution in [0.1, 0.15) is 67.5 Å². The summed E-state index contributed by atoms with van der Waals surface area (Å²) in [6.07, 6.45) is 5.49. The van der Waals surface area contributed by atoms with Crippen molar-refractivity contribution in [2.45, 2.75) is 95.9 Å². The first kappa shape index (κ1) is 44.5. The highest BCUT2D eigenvalue weighted by Crippen LogP contribution is 2.35. The Morgan fingerprint density at radius 1 is 0.852 bits per heavy atom. The average molecular weight is 863 g/mol. The number of aromatic amines is 1. The standard InChI is InChI=1S/C18H17F2N5O.C14H22F2N2O3Si.C10H11N3/c19-18(20)7-6-15-14(8-18)16(24-23-15)17(26)22-13-9-21-25(11-13)10-12-4-2-1-3-5-12;1-22(2,3)7-6-21-9-18-11-4-5-14(15,16)8-10(11)12(17-18)13(19)20;11-10-6-12-13(8-10)7-9-4-2-1-3-5-9/h1-5,9,11H,6-8,10H2,(H,22,26)(H,23,24);4-9H2,1-3H3,(H,19,20);1-6,8H,7,11H2. The summed E-state index contributed by atoms with van der Waals surface area (Å²) in [6, 6.07) is 20.9. The molecule has 8 rings (SSSR count). The number of anilines is 2. The molecule has 0 bridgehead atoms. The van der Waals surface area contributed by atoms with E-state index in [9.17, 15) is 27.2 Å². The lowest BCUT2D eigenvalue weighted by Crippen LogP contribution is -2.27. The molecule has 1 amide bonds. The zero-order valence-corrected chi connectivity index (χ0v) is 35.3. The van der Waals surface area contributed by atoms with E-state index in [1.54, 1.807) is 17.1 Å². The monoisotopic (exact) mass is 862 g/mol. The molecule has 0 spiro atoms. The van der Waals surface area contributed by atoms with Crippen LogP contribution in [-0.4, -0.2) is 83.0 Å². The SMILES string of the molecule is C[Si](C)(C)CCOCn1nc(C(=O)O)c2c1CCC(F)(F)C2.Nc1cnn(Cc2ccccc2)c1.O=C(Nc1cnn(Cc2ccccc2)c1)c1n[nH]c2c1CC(F)(F)CC2. The lowest BCUT2D eigenvalue weighted by Gasteiger charge is -2.22. The number of ether oxygens (including phenoxy) is 1. The highest BCUT2D eigenvalue weighted by atomic mass is 28.3. The Labute approximate surface area is 351 Å². The number of rotatable bonds is 12. The number of alkyl halides is 4. The van der Waals surface area contributed by atoms with E-state index in [0.717, 1.165) is 18.2 Å². The third-order valence-corrected chi connectivity index (χ3v) is 11.7. The van der Waals surface area contributed by atoms with E-state index >= 15 is 0 Å². The van der Waals surface area contributed by atoms with Crippen molar-refractivity contribution in [2.24, 2.45) is 0 Å². The number of benzene rings is 2. The Morgan fingerprint density at radius 3 is 2.03 bits per heavy atom. The summed E-state index contributed by atoms with van der Waals surface area (Å²) in [5.41, 5.74) is 10.4. The molecular formula is C42H50F4N10O4Si. The van der Waals surface area contributed by atoms with Gasteiger partial charge in [-0.05, 0) is 30.0 Å². The number of nitrogen functional groups attached to an aromatic ring is 1. The van der Waals surface area contributed by atoms with Gasteiger partial charge in [-0.2, -0.15) is 20.4 Å². The summed E-state index contributed by atoms with van der Waals surface area (Å²) in [6.45, 7) is 8.73. The van der Waals surface area contributed by atoms with Gasteiger partial charge in [0.25, 0.3) is 17.8 Å². The van der Waals surface area contributed by atoms with Crippen molar-refractivity contribution in [3.63, 3.8) is 0 Å². The number of nitrogens with two attached hydrogens (primary N) is 1. The summed E-state index contributed by atoms with van der Waals surface area (Å²) in [5.74, 6) is -7.44. The van der Waals surface area contributed by atoms with Crippen LogP contribution in [0.2, 0.25) is 25.7 Å². The number of carbonyl (C=O) groups excluding carboxylic acids is 1. The summed E-state index contributed by atoms with van der Waals surface area (Å²) in [5, 5.41) is 30.7. The molecule has 0 saturated carbocycles. The second-order valence-electron chi connectivity index (χ2n) is 16.3. The first-order chi connectivity index (χ1) is 28.9. The molecule has 0 radical (unpaired) electrons. The Bertz CT molecular complexity index is 2390. The fourth-order valence-electron chi connectivity index (χ4n) is 6.81. The lowest BCUT2D eigenvalue weighted by atomic mass is 9.92. The van der Waals surface area contributed by atoms with Crippen molar-refractivity contribution in [1.82, 2.24) is 39.5 Å². The topological polar surface area (TPSA) is 184 Å². The minimum Gasteiger partial charge on any atom is -0.476 e. The highest BCUT2D eigenvalue weighted by Gasteiger charge is 2.40. The molecule has 61 heavy (non-hydrogen) atoms. The molecule has 0 saturated heterocycles. The first-order valence-corrected chi connectivity index (χ1v) is 23.6. The molecule has 19 heteroatoms. The Morgan fingerprint density at radius 2 is 1.44 bits per heavy atom. The van der Waals surface area contributed by atoms with Crippen LogP contribution in [0.5, 0.6) is 0 Å². The Kier molecular flexibility index (Phi) is 13.9. The minimum atomic E-state index is -2.86. The van der Waals surface area contributed by atoms with E-state index in [4.69, 9.17) is 15.6 Å². The van der Waals surface area contributed by atoms with Crippen molar-refractivity contribution in [3.8, 4) is 0 Å². The number of aromatic nitrogens is 8. The van der Waals surface area contributed by atoms with Gasteiger partial charge in [-0.1, -0.05) is 80.3 Å². The maximum atomic E-state index is 13.7. The van der Waals surface area contributed by atoms with Crippen LogP contribution in [0.4, 0.5) is 28.9 Å². The molecule has 2 aromatic carbocycles. The van der Waals surface area contributed by atoms with Crippen molar-refractivity contribution >= 4 is 31.3 Å². The normalized spacial score (nSPS) is 15.0. The molecule has 14 nitrogen and oxygen atoms in total. The van der Waals surface area contributed by atoms with E-state index in [0.29, 0.717) is 41.5 Å². The molecule has 0 fully saturated rings. The van der Waals surface area contributed by atoms with Gasteiger partial charge in [-0.25, -0.2) is 27.0 Å². The predicted octanol–water partition coefficient (Wildman–Crippen LogP) is 7.56. The number of nitrogens with one attached hydrogen (secondary N) is 2. The number of carbonyl (C=O) groups is 2. The van der Waals surface area contributed by atoms with Gasteiger partial charge in [-0.3, -0.25) is 19.3 Å². The zero-order valence-electron chi connectivity index (χ0n) is 34.3. The van der Waals surface area contributed by atoms with Crippen LogP contribution >= 0.6 is 0 Å². The third-order valence-electron chi connectivity index (χ3n) is 10.0. The molecule has 0 unspecified atom stereocenters. The summed E-state index contributed by atoms with van der Waals surface area (Å²) in [4.78, 5) is 23.7. The fourth-order valence-corrected chi connectivity index (χ4v) is 7.57. The first-order valence-electron chi connectivity index (χ1n) is 19.8. The van der Waals surface area contributed by atoms with E-state index in [-0.39, 0.29) is 49.4 Å². The average Bonchev–Trinajstić information content (AvgIpc) is 4.00. The molecule has 2 aliphatic rings. The molecular weight excluding hydrogens is 813 g/mol. The van der Waals surface area contributed by atoms with Crippen LogP contribution in [0.3, 0.4) is 0 Å². The smallest absolute Gasteiger partial charge is 0.356 e. The summed E-state index contributed by atoms with van der Waals surface area (Å²) >= 11 is 0. The van der Waals surface area contributed by atoms with E-state index in [2.05, 4.69) is 62.6 Å². The van der Waals surface area contributed by atoms with Crippen molar-refractivity contribution in [2.75, 3.05) is 17.7 Å². The fraction of sp³-hybridized carbons (Fsp3) is 0.381. The zero-order chi connectivity index (χ0) is 43.8. The van der Waals surface area contributed by atoms with Crippen LogP contribution in [0, 0.1) is 0 Å². The van der Waals surface area contributed by atoms with E-state index in [1.165, 1.54) is 16.4 Å². The second-order valence-corrected chi connectivity index (χ2v) is 22.0. The number of fused-ring (bicyclic) bond motifs is 2. The number of amides is 1. The maximum absolute atomic E-state index is 13.7. The maximum Gasteiger partial charge on any atom is 0.356 e. The number of hydrogen-bond donors (Lipinski definition) is 4. The van der Waals surface area contributed by atoms with Crippen LogP contribution in [0.25, 0.3) is 0 Å². The second kappa shape index (κ2) is 19.1. The molecule has 0 atom stereocenters. The number of aromatic carboxylic acids is 1. The largest absolute Gasteiger partial charge is 0.476 e. The molecule has 6 aromatic rings. The van der Waals surface area contributed by atoms with Gasteiger partial charge in [0.15, 0.2) is 11.4 Å². The number of carboxylic acid groups (broad SMARTS) is 1. The molecule has 5 N–H and O–H groups in total. The van der Waals surface area contributed by atoms with Gasteiger partial charge in [0.05, 0.1) is 36.9 Å². The minimum absolute atomic E-state index is 0.0233. The Balaban J connectivity index is 0.000000161. The van der Waals surface area contributed by atoms with Crippen LogP contribution in [-0.2, 0) is 50.2 Å².